The van der Waals surface area contributed by atoms with E-state index in [1.54, 1.807) is 30.9 Å². The second kappa shape index (κ2) is 4.61. The Morgan fingerprint density at radius 2 is 1.89 bits per heavy atom. The lowest BCUT2D eigenvalue weighted by Gasteiger charge is -2.37. The van der Waals surface area contributed by atoms with Crippen LogP contribution in [0.25, 0.3) is 0 Å². The van der Waals surface area contributed by atoms with Gasteiger partial charge < -0.3 is 10.2 Å². The molecule has 2 amide bonds. The molecule has 1 saturated heterocycles. The normalized spacial score (nSPS) is 18.7. The lowest BCUT2D eigenvalue weighted by Crippen LogP contribution is -2.63. The summed E-state index contributed by atoms with van der Waals surface area (Å²) >= 11 is 5.81. The van der Waals surface area contributed by atoms with E-state index < -0.39 is 5.54 Å². The molecule has 0 unspecified atom stereocenters. The molecule has 96 valence electrons. The van der Waals surface area contributed by atoms with Crippen molar-refractivity contribution in [2.24, 2.45) is 0 Å². The Bertz CT molecular complexity index is 482. The summed E-state index contributed by atoms with van der Waals surface area (Å²) in [6.07, 6.45) is 0. The van der Waals surface area contributed by atoms with Crippen molar-refractivity contribution in [2.45, 2.75) is 25.9 Å². The fourth-order valence-electron chi connectivity index (χ4n) is 2.02. The Morgan fingerprint density at radius 1 is 1.28 bits per heavy atom. The lowest BCUT2D eigenvalue weighted by atomic mass is 10.00. The van der Waals surface area contributed by atoms with Crippen molar-refractivity contribution in [3.63, 3.8) is 0 Å². The first-order valence-electron chi connectivity index (χ1n) is 5.73. The summed E-state index contributed by atoms with van der Waals surface area (Å²) in [7, 11) is 0. The van der Waals surface area contributed by atoms with Gasteiger partial charge in [0.05, 0.1) is 6.54 Å². The summed E-state index contributed by atoms with van der Waals surface area (Å²) in [5, 5.41) is 3.33. The summed E-state index contributed by atoms with van der Waals surface area (Å²) < 4.78 is 0. The highest BCUT2D eigenvalue weighted by Crippen LogP contribution is 2.17. The largest absolute Gasteiger partial charge is 0.341 e. The van der Waals surface area contributed by atoms with Crippen LogP contribution in [0.4, 0.5) is 0 Å². The Hall–Kier alpha value is -1.55. The maximum absolute atomic E-state index is 12.1. The zero-order valence-corrected chi connectivity index (χ0v) is 11.1. The van der Waals surface area contributed by atoms with Gasteiger partial charge in [-0.25, -0.2) is 0 Å². The van der Waals surface area contributed by atoms with Gasteiger partial charge in [-0.1, -0.05) is 23.7 Å². The Kier molecular flexibility index (Phi) is 3.30. The van der Waals surface area contributed by atoms with E-state index in [9.17, 15) is 9.59 Å². The molecule has 1 N–H and O–H groups in total. The number of amides is 2. The number of carbonyl (C=O) groups is 2. The minimum Gasteiger partial charge on any atom is -0.341 e. The van der Waals surface area contributed by atoms with Crippen LogP contribution < -0.4 is 5.32 Å². The highest BCUT2D eigenvalue weighted by molar-refractivity contribution is 6.30. The molecule has 4 nitrogen and oxygen atoms in total. The molecule has 0 atom stereocenters. The van der Waals surface area contributed by atoms with Gasteiger partial charge in [-0.2, -0.15) is 0 Å². The molecular weight excluding hydrogens is 252 g/mol. The Morgan fingerprint density at radius 3 is 2.50 bits per heavy atom. The standard InChI is InChI=1S/C13H15ClN2O2/c1-13(2)12(18)16(8-11(17)15-13)7-9-3-5-10(14)6-4-9/h3-6H,7-8H2,1-2H3,(H,15,17). The van der Waals surface area contributed by atoms with Crippen LogP contribution in [0.15, 0.2) is 24.3 Å². The van der Waals surface area contributed by atoms with E-state index in [0.29, 0.717) is 11.6 Å². The quantitative estimate of drug-likeness (QED) is 0.884. The van der Waals surface area contributed by atoms with Crippen molar-refractivity contribution in [2.75, 3.05) is 6.54 Å². The molecule has 2 rings (SSSR count). The number of piperazine rings is 1. The average Bonchev–Trinajstić information content (AvgIpc) is 2.28. The van der Waals surface area contributed by atoms with Gasteiger partial charge in [0.25, 0.3) is 0 Å². The number of benzene rings is 1. The molecule has 0 saturated carbocycles. The first-order chi connectivity index (χ1) is 8.38. The second-order valence-electron chi connectivity index (χ2n) is 4.96. The Labute approximate surface area is 111 Å². The molecule has 1 aliphatic heterocycles. The van der Waals surface area contributed by atoms with Crippen LogP contribution in [0.5, 0.6) is 0 Å². The van der Waals surface area contributed by atoms with Gasteiger partial charge in [0, 0.05) is 11.6 Å². The fraction of sp³-hybridized carbons (Fsp3) is 0.385. The number of nitrogens with zero attached hydrogens (tertiary/aromatic N) is 1. The topological polar surface area (TPSA) is 49.4 Å². The van der Waals surface area contributed by atoms with Gasteiger partial charge >= 0.3 is 0 Å². The van der Waals surface area contributed by atoms with Crippen LogP contribution in [-0.4, -0.2) is 28.8 Å². The molecule has 1 aromatic rings. The van der Waals surface area contributed by atoms with E-state index in [0.717, 1.165) is 5.56 Å². The van der Waals surface area contributed by atoms with Crippen molar-refractivity contribution < 1.29 is 9.59 Å². The molecule has 1 heterocycles. The number of carbonyl (C=O) groups excluding carboxylic acids is 2. The molecule has 1 fully saturated rings. The van der Waals surface area contributed by atoms with Crippen molar-refractivity contribution in [1.82, 2.24) is 10.2 Å². The predicted molar refractivity (Wildman–Crippen MR) is 69.1 cm³/mol. The maximum atomic E-state index is 12.1. The van der Waals surface area contributed by atoms with Crippen LogP contribution in [0, 0.1) is 0 Å². The van der Waals surface area contributed by atoms with Gasteiger partial charge in [-0.05, 0) is 31.5 Å². The van der Waals surface area contributed by atoms with Gasteiger partial charge in [0.2, 0.25) is 11.8 Å². The molecule has 18 heavy (non-hydrogen) atoms. The summed E-state index contributed by atoms with van der Waals surface area (Å²) in [5.74, 6) is -0.203. The minimum atomic E-state index is -0.832. The minimum absolute atomic E-state index is 0.0722. The summed E-state index contributed by atoms with van der Waals surface area (Å²) in [4.78, 5) is 25.3. The van der Waals surface area contributed by atoms with E-state index in [-0.39, 0.29) is 18.4 Å². The third kappa shape index (κ3) is 2.64. The first kappa shape index (κ1) is 12.9. The maximum Gasteiger partial charge on any atom is 0.248 e. The van der Waals surface area contributed by atoms with Crippen molar-refractivity contribution in [1.29, 1.82) is 0 Å². The van der Waals surface area contributed by atoms with Crippen LogP contribution in [-0.2, 0) is 16.1 Å². The number of hydrogen-bond acceptors (Lipinski definition) is 2. The molecule has 0 radical (unpaired) electrons. The van der Waals surface area contributed by atoms with Gasteiger partial charge in [0.15, 0.2) is 0 Å². The van der Waals surface area contributed by atoms with E-state index in [1.165, 1.54) is 0 Å². The SMILES string of the molecule is CC1(C)NC(=O)CN(Cc2ccc(Cl)cc2)C1=O. The van der Waals surface area contributed by atoms with E-state index in [1.807, 2.05) is 12.1 Å². The highest BCUT2D eigenvalue weighted by Gasteiger charge is 2.38. The summed E-state index contributed by atoms with van der Waals surface area (Å²) in [6, 6.07) is 7.26. The molecular formula is C13H15ClN2O2. The van der Waals surface area contributed by atoms with Crippen LogP contribution >= 0.6 is 11.6 Å². The van der Waals surface area contributed by atoms with Gasteiger partial charge in [-0.3, -0.25) is 9.59 Å². The second-order valence-corrected chi connectivity index (χ2v) is 5.40. The molecule has 5 heteroatoms. The summed E-state index contributed by atoms with van der Waals surface area (Å²) in [6.45, 7) is 3.94. The highest BCUT2D eigenvalue weighted by atomic mass is 35.5. The van der Waals surface area contributed by atoms with Crippen LogP contribution in [0.2, 0.25) is 5.02 Å². The van der Waals surface area contributed by atoms with Crippen LogP contribution in [0.1, 0.15) is 19.4 Å². The Balaban J connectivity index is 2.15. The zero-order valence-electron chi connectivity index (χ0n) is 10.4. The van der Waals surface area contributed by atoms with Gasteiger partial charge in [-0.15, -0.1) is 0 Å². The smallest absolute Gasteiger partial charge is 0.248 e. The van der Waals surface area contributed by atoms with Crippen molar-refractivity contribution >= 4 is 23.4 Å². The molecule has 1 aliphatic rings. The number of halogens is 1. The molecule has 0 bridgehead atoms. The van der Waals surface area contributed by atoms with E-state index >= 15 is 0 Å². The monoisotopic (exact) mass is 266 g/mol. The lowest BCUT2D eigenvalue weighted by molar-refractivity contribution is -0.148. The molecule has 0 aromatic heterocycles. The first-order valence-corrected chi connectivity index (χ1v) is 6.11. The van der Waals surface area contributed by atoms with Crippen molar-refractivity contribution in [3.8, 4) is 0 Å². The number of nitrogens with one attached hydrogen (secondary N) is 1. The van der Waals surface area contributed by atoms with E-state index in [4.69, 9.17) is 11.6 Å². The number of hydrogen-bond donors (Lipinski definition) is 1. The zero-order chi connectivity index (χ0) is 13.3. The van der Waals surface area contributed by atoms with E-state index in [2.05, 4.69) is 5.32 Å². The average molecular weight is 267 g/mol. The molecule has 0 spiro atoms. The summed E-state index contributed by atoms with van der Waals surface area (Å²) in [5.41, 5.74) is 0.125. The van der Waals surface area contributed by atoms with Crippen LogP contribution in [0.3, 0.4) is 0 Å². The number of rotatable bonds is 2. The molecule has 1 aromatic carbocycles. The predicted octanol–water partition coefficient (Wildman–Crippen LogP) is 1.58. The fourth-order valence-corrected chi connectivity index (χ4v) is 2.15. The molecule has 0 aliphatic carbocycles. The van der Waals surface area contributed by atoms with Crippen molar-refractivity contribution in [3.05, 3.63) is 34.9 Å². The third-order valence-electron chi connectivity index (χ3n) is 2.89. The van der Waals surface area contributed by atoms with Gasteiger partial charge in [0.1, 0.15) is 5.54 Å². The third-order valence-corrected chi connectivity index (χ3v) is 3.15.